The van der Waals surface area contributed by atoms with Gasteiger partial charge < -0.3 is 15.4 Å². The van der Waals surface area contributed by atoms with E-state index in [1.165, 1.54) is 38.8 Å². The van der Waals surface area contributed by atoms with Crippen LogP contribution in [0, 0.1) is 0 Å². The zero-order valence-electron chi connectivity index (χ0n) is 14.4. The summed E-state index contributed by atoms with van der Waals surface area (Å²) < 4.78 is 5.72. The quantitative estimate of drug-likeness (QED) is 0.586. The van der Waals surface area contributed by atoms with E-state index < -0.39 is 5.91 Å². The lowest BCUT2D eigenvalue weighted by molar-refractivity contribution is 0.100. The van der Waals surface area contributed by atoms with Crippen LogP contribution in [0.15, 0.2) is 24.3 Å². The van der Waals surface area contributed by atoms with E-state index in [-0.39, 0.29) is 12.4 Å². The fourth-order valence-corrected chi connectivity index (χ4v) is 2.29. The van der Waals surface area contributed by atoms with Gasteiger partial charge in [-0.25, -0.2) is 0 Å². The smallest absolute Gasteiger partial charge is 0.248 e. The van der Waals surface area contributed by atoms with Crippen molar-refractivity contribution < 1.29 is 9.53 Å². The highest BCUT2D eigenvalue weighted by Gasteiger charge is 2.04. The number of halogens is 1. The summed E-state index contributed by atoms with van der Waals surface area (Å²) in [6, 6.07) is 7.00. The minimum atomic E-state index is -0.408. The molecule has 0 aliphatic heterocycles. The van der Waals surface area contributed by atoms with Crippen LogP contribution in [0.25, 0.3) is 0 Å². The molecule has 0 radical (unpaired) electrons. The molecule has 1 aromatic carbocycles. The number of hydrogen-bond donors (Lipinski definition) is 1. The van der Waals surface area contributed by atoms with Gasteiger partial charge in [0.25, 0.3) is 0 Å². The van der Waals surface area contributed by atoms with Crippen LogP contribution in [0.3, 0.4) is 0 Å². The largest absolute Gasteiger partial charge is 0.494 e. The highest BCUT2D eigenvalue weighted by atomic mass is 35.5. The lowest BCUT2D eigenvalue weighted by Gasteiger charge is -2.21. The van der Waals surface area contributed by atoms with Gasteiger partial charge in [0.05, 0.1) is 6.61 Å². The molecule has 1 aromatic rings. The summed E-state index contributed by atoms with van der Waals surface area (Å²) >= 11 is 0. The Kier molecular flexibility index (Phi) is 12.5. The maximum absolute atomic E-state index is 11.0. The molecule has 23 heavy (non-hydrogen) atoms. The summed E-state index contributed by atoms with van der Waals surface area (Å²) in [5.41, 5.74) is 5.73. The Morgan fingerprint density at radius 2 is 1.52 bits per heavy atom. The van der Waals surface area contributed by atoms with Gasteiger partial charge in [0.1, 0.15) is 5.75 Å². The van der Waals surface area contributed by atoms with E-state index in [0.29, 0.717) is 12.2 Å². The van der Waals surface area contributed by atoms with Crippen molar-refractivity contribution in [3.63, 3.8) is 0 Å². The van der Waals surface area contributed by atoms with E-state index in [2.05, 4.69) is 18.7 Å². The minimum Gasteiger partial charge on any atom is -0.494 e. The first-order valence-corrected chi connectivity index (χ1v) is 8.42. The zero-order chi connectivity index (χ0) is 16.2. The lowest BCUT2D eigenvalue weighted by Crippen LogP contribution is -2.28. The normalized spacial score (nSPS) is 10.4. The second-order valence-electron chi connectivity index (χ2n) is 5.64. The molecule has 0 heterocycles. The SMILES string of the molecule is CCCCN(CCCC)CCCOc1ccc(C(N)=O)cc1.Cl. The van der Waals surface area contributed by atoms with Crippen molar-refractivity contribution in [3.8, 4) is 5.75 Å². The molecule has 0 aliphatic rings. The molecule has 0 aromatic heterocycles. The van der Waals surface area contributed by atoms with Crippen LogP contribution in [0.4, 0.5) is 0 Å². The number of rotatable bonds is 12. The molecular formula is C18H31ClN2O2. The van der Waals surface area contributed by atoms with E-state index in [1.807, 2.05) is 0 Å². The van der Waals surface area contributed by atoms with Gasteiger partial charge in [0.15, 0.2) is 0 Å². The van der Waals surface area contributed by atoms with Crippen molar-refractivity contribution in [1.82, 2.24) is 4.90 Å². The van der Waals surface area contributed by atoms with Gasteiger partial charge in [0.2, 0.25) is 5.91 Å². The highest BCUT2D eigenvalue weighted by molar-refractivity contribution is 5.92. The summed E-state index contributed by atoms with van der Waals surface area (Å²) in [6.45, 7) is 8.62. The molecule has 2 N–H and O–H groups in total. The number of hydrogen-bond acceptors (Lipinski definition) is 3. The molecule has 1 amide bonds. The molecule has 1 rings (SSSR count). The summed E-state index contributed by atoms with van der Waals surface area (Å²) in [7, 11) is 0. The lowest BCUT2D eigenvalue weighted by atomic mass is 10.2. The fraction of sp³-hybridized carbons (Fsp3) is 0.611. The number of nitrogens with two attached hydrogens (primary N) is 1. The Morgan fingerprint density at radius 3 is 2.00 bits per heavy atom. The number of ether oxygens (including phenoxy) is 1. The highest BCUT2D eigenvalue weighted by Crippen LogP contribution is 2.12. The molecule has 4 nitrogen and oxygen atoms in total. The van der Waals surface area contributed by atoms with Crippen LogP contribution in [0.1, 0.15) is 56.3 Å². The molecule has 0 spiro atoms. The van der Waals surface area contributed by atoms with E-state index in [0.717, 1.165) is 18.7 Å². The molecule has 0 atom stereocenters. The average molecular weight is 343 g/mol. The molecule has 132 valence electrons. The van der Waals surface area contributed by atoms with E-state index in [1.54, 1.807) is 24.3 Å². The fourth-order valence-electron chi connectivity index (χ4n) is 2.29. The van der Waals surface area contributed by atoms with E-state index in [4.69, 9.17) is 10.5 Å². The van der Waals surface area contributed by atoms with Crippen LogP contribution in [-0.4, -0.2) is 37.0 Å². The summed E-state index contributed by atoms with van der Waals surface area (Å²) in [4.78, 5) is 13.5. The number of carbonyl (C=O) groups excluding carboxylic acids is 1. The van der Waals surface area contributed by atoms with Crippen molar-refractivity contribution in [2.45, 2.75) is 46.0 Å². The van der Waals surface area contributed by atoms with Crippen LogP contribution < -0.4 is 10.5 Å². The Morgan fingerprint density at radius 1 is 1.00 bits per heavy atom. The number of primary amides is 1. The Bertz CT molecular complexity index is 416. The average Bonchev–Trinajstić information content (AvgIpc) is 2.53. The number of benzene rings is 1. The molecule has 0 bridgehead atoms. The van der Waals surface area contributed by atoms with Crippen LogP contribution in [-0.2, 0) is 0 Å². The number of carbonyl (C=O) groups is 1. The van der Waals surface area contributed by atoms with Gasteiger partial charge >= 0.3 is 0 Å². The first kappa shape index (κ1) is 21.7. The van der Waals surface area contributed by atoms with E-state index in [9.17, 15) is 4.79 Å². The third-order valence-corrected chi connectivity index (χ3v) is 3.68. The topological polar surface area (TPSA) is 55.6 Å². The summed E-state index contributed by atoms with van der Waals surface area (Å²) in [5.74, 6) is 0.382. The number of unbranched alkanes of at least 4 members (excludes halogenated alkanes) is 2. The summed E-state index contributed by atoms with van der Waals surface area (Å²) in [5, 5.41) is 0. The van der Waals surface area contributed by atoms with Gasteiger partial charge in [-0.1, -0.05) is 26.7 Å². The summed E-state index contributed by atoms with van der Waals surface area (Å²) in [6.07, 6.45) is 6.03. The van der Waals surface area contributed by atoms with Gasteiger partial charge in [-0.3, -0.25) is 4.79 Å². The molecule has 0 saturated heterocycles. The monoisotopic (exact) mass is 342 g/mol. The first-order valence-electron chi connectivity index (χ1n) is 8.42. The zero-order valence-corrected chi connectivity index (χ0v) is 15.2. The third kappa shape index (κ3) is 9.47. The molecule has 5 heteroatoms. The predicted molar refractivity (Wildman–Crippen MR) is 98.6 cm³/mol. The van der Waals surface area contributed by atoms with Crippen molar-refractivity contribution in [2.24, 2.45) is 5.73 Å². The van der Waals surface area contributed by atoms with Crippen molar-refractivity contribution in [2.75, 3.05) is 26.2 Å². The number of nitrogens with zero attached hydrogens (tertiary/aromatic N) is 1. The number of amides is 1. The van der Waals surface area contributed by atoms with E-state index >= 15 is 0 Å². The first-order chi connectivity index (χ1) is 10.7. The van der Waals surface area contributed by atoms with Crippen molar-refractivity contribution >= 4 is 18.3 Å². The Hall–Kier alpha value is -1.26. The van der Waals surface area contributed by atoms with Gasteiger partial charge in [0, 0.05) is 12.1 Å². The van der Waals surface area contributed by atoms with Crippen LogP contribution in [0.5, 0.6) is 5.75 Å². The minimum absolute atomic E-state index is 0. The molecule has 0 unspecified atom stereocenters. The van der Waals surface area contributed by atoms with Crippen molar-refractivity contribution in [3.05, 3.63) is 29.8 Å². The Labute approximate surface area is 146 Å². The van der Waals surface area contributed by atoms with Crippen molar-refractivity contribution in [1.29, 1.82) is 0 Å². The third-order valence-electron chi connectivity index (χ3n) is 3.68. The molecular weight excluding hydrogens is 312 g/mol. The maximum atomic E-state index is 11.0. The maximum Gasteiger partial charge on any atom is 0.248 e. The van der Waals surface area contributed by atoms with Gasteiger partial charge in [-0.05, 0) is 56.6 Å². The van der Waals surface area contributed by atoms with Gasteiger partial charge in [-0.15, -0.1) is 12.4 Å². The van der Waals surface area contributed by atoms with Crippen LogP contribution in [0.2, 0.25) is 0 Å². The van der Waals surface area contributed by atoms with Crippen LogP contribution >= 0.6 is 12.4 Å². The van der Waals surface area contributed by atoms with Gasteiger partial charge in [-0.2, -0.15) is 0 Å². The molecule has 0 fully saturated rings. The Balaban J connectivity index is 0.00000484. The second-order valence-corrected chi connectivity index (χ2v) is 5.64. The predicted octanol–water partition coefficient (Wildman–Crippen LogP) is 3.88. The second kappa shape index (κ2) is 13.2. The molecule has 0 aliphatic carbocycles. The standard InChI is InChI=1S/C18H30N2O2.ClH/c1-3-5-12-20(13-6-4-2)14-7-15-22-17-10-8-16(9-11-17)18(19)21;/h8-11H,3-7,12-15H2,1-2H3,(H2,19,21);1H. The molecule has 0 saturated carbocycles.